The zero-order valence-corrected chi connectivity index (χ0v) is 8.27. The van der Waals surface area contributed by atoms with Crippen molar-refractivity contribution in [3.63, 3.8) is 0 Å². The lowest BCUT2D eigenvalue weighted by Crippen LogP contribution is -2.29. The van der Waals surface area contributed by atoms with Gasteiger partial charge in [-0.25, -0.2) is 5.43 Å². The Morgan fingerprint density at radius 3 is 2.60 bits per heavy atom. The van der Waals surface area contributed by atoms with E-state index < -0.39 is 18.6 Å². The van der Waals surface area contributed by atoms with E-state index in [2.05, 4.69) is 5.43 Å². The number of furan rings is 1. The third-order valence-corrected chi connectivity index (χ3v) is 2.14. The van der Waals surface area contributed by atoms with Crippen LogP contribution in [-0.4, -0.2) is 6.18 Å². The van der Waals surface area contributed by atoms with Crippen LogP contribution >= 0.6 is 0 Å². The molecule has 0 aliphatic rings. The normalized spacial score (nSPS) is 14.2. The Balaban J connectivity index is 2.61. The highest BCUT2D eigenvalue weighted by Crippen LogP contribution is 2.28. The summed E-state index contributed by atoms with van der Waals surface area (Å²) in [6.07, 6.45) is -3.76. The van der Waals surface area contributed by atoms with E-state index in [1.807, 2.05) is 0 Å². The maximum absolute atomic E-state index is 12.0. The second-order valence-corrected chi connectivity index (χ2v) is 3.34. The molecule has 0 amide bonds. The molecule has 1 atom stereocenters. The van der Waals surface area contributed by atoms with Crippen molar-refractivity contribution in [1.29, 1.82) is 0 Å². The number of nitrogens with two attached hydrogens (primary N) is 1. The minimum Gasteiger partial charge on any atom is -0.467 e. The van der Waals surface area contributed by atoms with Crippen molar-refractivity contribution in [3.05, 3.63) is 23.7 Å². The minimum absolute atomic E-state index is 0.131. The molecule has 0 saturated heterocycles. The van der Waals surface area contributed by atoms with Crippen molar-refractivity contribution < 1.29 is 17.6 Å². The third kappa shape index (κ3) is 3.56. The van der Waals surface area contributed by atoms with Crippen LogP contribution in [0.5, 0.6) is 0 Å². The summed E-state index contributed by atoms with van der Waals surface area (Å²) in [6.45, 7) is 1.76. The molecule has 3 N–H and O–H groups in total. The Morgan fingerprint density at radius 2 is 2.20 bits per heavy atom. The molecule has 1 aromatic rings. The van der Waals surface area contributed by atoms with Crippen LogP contribution in [0.4, 0.5) is 13.2 Å². The lowest BCUT2D eigenvalue weighted by molar-refractivity contribution is -0.136. The summed E-state index contributed by atoms with van der Waals surface area (Å²) < 4.78 is 41.1. The number of hydrogen-bond acceptors (Lipinski definition) is 3. The van der Waals surface area contributed by atoms with Gasteiger partial charge in [-0.3, -0.25) is 5.84 Å². The standard InChI is InChI=1S/C9H13F3N2O/c1-6-3-5-15-8(6)7(14-13)2-4-9(10,11)12/h3,5,7,14H,2,4,13H2,1H3. The highest BCUT2D eigenvalue weighted by atomic mass is 19.4. The first kappa shape index (κ1) is 12.1. The van der Waals surface area contributed by atoms with E-state index in [1.165, 1.54) is 6.26 Å². The number of aryl methyl sites for hydroxylation is 1. The predicted molar refractivity (Wildman–Crippen MR) is 48.8 cm³/mol. The van der Waals surface area contributed by atoms with Gasteiger partial charge in [0, 0.05) is 6.42 Å². The number of hydrazine groups is 1. The molecule has 6 heteroatoms. The van der Waals surface area contributed by atoms with Crippen LogP contribution in [-0.2, 0) is 0 Å². The number of nitrogens with one attached hydrogen (secondary N) is 1. The molecule has 3 nitrogen and oxygen atoms in total. The molecule has 0 bridgehead atoms. The maximum Gasteiger partial charge on any atom is 0.389 e. The molecular weight excluding hydrogens is 209 g/mol. The van der Waals surface area contributed by atoms with E-state index in [9.17, 15) is 13.2 Å². The van der Waals surface area contributed by atoms with Crippen molar-refractivity contribution in [2.24, 2.45) is 5.84 Å². The Bertz CT molecular complexity index is 309. The van der Waals surface area contributed by atoms with Crippen LogP contribution in [0.1, 0.15) is 30.2 Å². The van der Waals surface area contributed by atoms with Gasteiger partial charge in [0.05, 0.1) is 12.3 Å². The van der Waals surface area contributed by atoms with E-state index >= 15 is 0 Å². The van der Waals surface area contributed by atoms with Gasteiger partial charge in [-0.1, -0.05) is 0 Å². The van der Waals surface area contributed by atoms with Crippen molar-refractivity contribution in [1.82, 2.24) is 5.43 Å². The minimum atomic E-state index is -4.17. The summed E-state index contributed by atoms with van der Waals surface area (Å²) in [7, 11) is 0. The SMILES string of the molecule is Cc1ccoc1C(CCC(F)(F)F)NN. The lowest BCUT2D eigenvalue weighted by atomic mass is 10.1. The smallest absolute Gasteiger partial charge is 0.389 e. The van der Waals surface area contributed by atoms with E-state index in [-0.39, 0.29) is 6.42 Å². The largest absolute Gasteiger partial charge is 0.467 e. The quantitative estimate of drug-likeness (QED) is 0.607. The second kappa shape index (κ2) is 4.67. The first-order valence-corrected chi connectivity index (χ1v) is 4.51. The van der Waals surface area contributed by atoms with Crippen molar-refractivity contribution in [2.75, 3.05) is 0 Å². The fraction of sp³-hybridized carbons (Fsp3) is 0.556. The topological polar surface area (TPSA) is 51.2 Å². The zero-order valence-electron chi connectivity index (χ0n) is 8.27. The zero-order chi connectivity index (χ0) is 11.5. The lowest BCUT2D eigenvalue weighted by Gasteiger charge is -2.15. The van der Waals surface area contributed by atoms with Crippen LogP contribution in [0.3, 0.4) is 0 Å². The number of halogens is 3. The molecular formula is C9H13F3N2O. The Kier molecular flexibility index (Phi) is 3.76. The summed E-state index contributed by atoms with van der Waals surface area (Å²) in [6, 6.07) is 1.09. The maximum atomic E-state index is 12.0. The van der Waals surface area contributed by atoms with E-state index in [1.54, 1.807) is 13.0 Å². The van der Waals surface area contributed by atoms with Crippen LogP contribution in [0.25, 0.3) is 0 Å². The summed E-state index contributed by atoms with van der Waals surface area (Å²) in [5.74, 6) is 5.64. The number of alkyl halides is 3. The molecule has 1 aromatic heterocycles. The Hall–Kier alpha value is -1.01. The fourth-order valence-electron chi connectivity index (χ4n) is 1.34. The monoisotopic (exact) mass is 222 g/mol. The molecule has 0 aliphatic carbocycles. The van der Waals surface area contributed by atoms with Crippen LogP contribution < -0.4 is 11.3 Å². The molecule has 0 radical (unpaired) electrons. The fourth-order valence-corrected chi connectivity index (χ4v) is 1.34. The van der Waals surface area contributed by atoms with E-state index in [0.717, 1.165) is 5.56 Å². The summed E-state index contributed by atoms with van der Waals surface area (Å²) in [5, 5.41) is 0. The van der Waals surface area contributed by atoms with Crippen LogP contribution in [0, 0.1) is 6.92 Å². The van der Waals surface area contributed by atoms with Gasteiger partial charge in [0.25, 0.3) is 0 Å². The number of hydrogen-bond donors (Lipinski definition) is 2. The Labute approximate surface area is 85.4 Å². The molecule has 15 heavy (non-hydrogen) atoms. The van der Waals surface area contributed by atoms with Gasteiger partial charge in [-0.15, -0.1) is 0 Å². The average molecular weight is 222 g/mol. The van der Waals surface area contributed by atoms with Crippen LogP contribution in [0.15, 0.2) is 16.7 Å². The van der Waals surface area contributed by atoms with Crippen molar-refractivity contribution >= 4 is 0 Å². The third-order valence-electron chi connectivity index (χ3n) is 2.14. The molecule has 1 unspecified atom stereocenters. The molecule has 0 fully saturated rings. The van der Waals surface area contributed by atoms with Gasteiger partial charge in [-0.05, 0) is 25.0 Å². The molecule has 0 spiro atoms. The van der Waals surface area contributed by atoms with Gasteiger partial charge < -0.3 is 4.42 Å². The van der Waals surface area contributed by atoms with Crippen molar-refractivity contribution in [3.8, 4) is 0 Å². The van der Waals surface area contributed by atoms with Gasteiger partial charge >= 0.3 is 6.18 Å². The van der Waals surface area contributed by atoms with Crippen molar-refractivity contribution in [2.45, 2.75) is 32.0 Å². The van der Waals surface area contributed by atoms with Gasteiger partial charge in [0.1, 0.15) is 5.76 Å². The molecule has 0 aliphatic heterocycles. The van der Waals surface area contributed by atoms with Crippen LogP contribution in [0.2, 0.25) is 0 Å². The average Bonchev–Trinajstić information content (AvgIpc) is 2.52. The van der Waals surface area contributed by atoms with Gasteiger partial charge in [0.2, 0.25) is 0 Å². The highest BCUT2D eigenvalue weighted by molar-refractivity contribution is 5.17. The summed E-state index contributed by atoms with van der Waals surface area (Å²) in [5.41, 5.74) is 3.12. The van der Waals surface area contributed by atoms with Gasteiger partial charge in [0.15, 0.2) is 0 Å². The number of rotatable bonds is 4. The summed E-state index contributed by atoms with van der Waals surface area (Å²) in [4.78, 5) is 0. The predicted octanol–water partition coefficient (Wildman–Crippen LogP) is 2.43. The highest BCUT2D eigenvalue weighted by Gasteiger charge is 2.29. The first-order valence-electron chi connectivity index (χ1n) is 4.51. The molecule has 1 heterocycles. The van der Waals surface area contributed by atoms with E-state index in [4.69, 9.17) is 10.3 Å². The molecule has 1 rings (SSSR count). The summed E-state index contributed by atoms with van der Waals surface area (Å²) >= 11 is 0. The Morgan fingerprint density at radius 1 is 1.53 bits per heavy atom. The molecule has 0 aromatic carbocycles. The molecule has 0 saturated carbocycles. The second-order valence-electron chi connectivity index (χ2n) is 3.34. The molecule has 86 valence electrons. The van der Waals surface area contributed by atoms with E-state index in [0.29, 0.717) is 5.76 Å². The first-order chi connectivity index (χ1) is 6.94. The van der Waals surface area contributed by atoms with Gasteiger partial charge in [-0.2, -0.15) is 13.2 Å².